The molecular weight excluding hydrogens is 320 g/mol. The number of rotatable bonds is 7. The zero-order valence-electron chi connectivity index (χ0n) is 13.7. The average molecular weight is 339 g/mol. The third-order valence-corrected chi connectivity index (χ3v) is 3.59. The van der Waals surface area contributed by atoms with E-state index in [9.17, 15) is 13.6 Å². The first-order valence-electron chi connectivity index (χ1n) is 7.38. The van der Waals surface area contributed by atoms with Crippen molar-refractivity contribution in [3.8, 4) is 11.5 Å². The summed E-state index contributed by atoms with van der Waals surface area (Å²) in [5.41, 5.74) is 2.18. The molecule has 0 saturated heterocycles. The molecule has 0 aliphatic heterocycles. The quantitative estimate of drug-likeness (QED) is 0.842. The Bertz CT molecular complexity index is 717. The number of nitrogens with zero attached hydrogens (tertiary/aromatic N) is 2. The van der Waals surface area contributed by atoms with Gasteiger partial charge in [0.25, 0.3) is 5.91 Å². The van der Waals surface area contributed by atoms with Gasteiger partial charge in [0.05, 0.1) is 13.3 Å². The number of carbonyl (C=O) groups is 1. The van der Waals surface area contributed by atoms with Crippen molar-refractivity contribution < 1.29 is 23.0 Å². The molecule has 0 spiro atoms. The number of carbonyl (C=O) groups excluding carboxylic acids is 1. The molecule has 2 rings (SSSR count). The second-order valence-electron chi connectivity index (χ2n) is 5.00. The van der Waals surface area contributed by atoms with Crippen LogP contribution >= 0.6 is 0 Å². The lowest BCUT2D eigenvalue weighted by atomic mass is 10.1. The Morgan fingerprint density at radius 1 is 1.38 bits per heavy atom. The van der Waals surface area contributed by atoms with Gasteiger partial charge in [0.15, 0.2) is 11.5 Å². The lowest BCUT2D eigenvalue weighted by Gasteiger charge is -2.11. The highest BCUT2D eigenvalue weighted by atomic mass is 19.3. The highest BCUT2D eigenvalue weighted by Crippen LogP contribution is 2.29. The normalized spacial score (nSPS) is 10.8. The topological polar surface area (TPSA) is 65.4 Å². The first-order valence-corrected chi connectivity index (χ1v) is 7.38. The molecule has 1 aromatic carbocycles. The maximum Gasteiger partial charge on any atom is 0.387 e. The van der Waals surface area contributed by atoms with Crippen LogP contribution in [0, 0.1) is 6.92 Å². The number of aromatic nitrogens is 2. The Kier molecular flexibility index (Phi) is 5.73. The van der Waals surface area contributed by atoms with Gasteiger partial charge in [-0.15, -0.1) is 0 Å². The molecule has 8 heteroatoms. The summed E-state index contributed by atoms with van der Waals surface area (Å²) in [5, 5.41) is 6.98. The van der Waals surface area contributed by atoms with E-state index in [1.807, 2.05) is 18.5 Å². The van der Waals surface area contributed by atoms with Crippen LogP contribution in [0.15, 0.2) is 24.4 Å². The number of halogens is 2. The van der Waals surface area contributed by atoms with Gasteiger partial charge in [-0.05, 0) is 32.0 Å². The lowest BCUT2D eigenvalue weighted by molar-refractivity contribution is -0.0512. The minimum atomic E-state index is -2.96. The Labute approximate surface area is 138 Å². The first kappa shape index (κ1) is 17.7. The molecule has 1 amide bonds. The molecule has 0 bridgehead atoms. The number of benzene rings is 1. The van der Waals surface area contributed by atoms with Crippen LogP contribution in [-0.4, -0.2) is 29.4 Å². The number of ether oxygens (including phenoxy) is 2. The van der Waals surface area contributed by atoms with Gasteiger partial charge < -0.3 is 14.8 Å². The van der Waals surface area contributed by atoms with E-state index in [0.717, 1.165) is 17.8 Å². The van der Waals surface area contributed by atoms with E-state index in [1.54, 1.807) is 6.20 Å². The van der Waals surface area contributed by atoms with Crippen molar-refractivity contribution in [2.24, 2.45) is 0 Å². The largest absolute Gasteiger partial charge is 0.493 e. The predicted octanol–water partition coefficient (Wildman–Crippen LogP) is 2.75. The van der Waals surface area contributed by atoms with Crippen molar-refractivity contribution in [1.82, 2.24) is 15.1 Å². The Morgan fingerprint density at radius 3 is 2.71 bits per heavy atom. The van der Waals surface area contributed by atoms with Crippen LogP contribution in [0.4, 0.5) is 8.78 Å². The van der Waals surface area contributed by atoms with E-state index in [1.165, 1.54) is 25.3 Å². The molecule has 2 aromatic rings. The summed E-state index contributed by atoms with van der Waals surface area (Å²) in [6, 6.07) is 4.04. The Morgan fingerprint density at radius 2 is 2.12 bits per heavy atom. The van der Waals surface area contributed by atoms with Crippen molar-refractivity contribution in [3.05, 3.63) is 41.2 Å². The van der Waals surface area contributed by atoms with E-state index in [-0.39, 0.29) is 23.0 Å². The number of alkyl halides is 2. The number of hydrogen-bond acceptors (Lipinski definition) is 4. The van der Waals surface area contributed by atoms with Gasteiger partial charge in [0.2, 0.25) is 0 Å². The zero-order valence-corrected chi connectivity index (χ0v) is 13.7. The van der Waals surface area contributed by atoms with Crippen LogP contribution in [0.5, 0.6) is 11.5 Å². The minimum Gasteiger partial charge on any atom is -0.493 e. The molecule has 0 radical (unpaired) electrons. The summed E-state index contributed by atoms with van der Waals surface area (Å²) < 4.78 is 35.8. The average Bonchev–Trinajstić information content (AvgIpc) is 2.92. The van der Waals surface area contributed by atoms with Crippen molar-refractivity contribution in [1.29, 1.82) is 0 Å². The van der Waals surface area contributed by atoms with E-state index in [4.69, 9.17) is 4.74 Å². The highest BCUT2D eigenvalue weighted by molar-refractivity contribution is 5.94. The molecule has 0 fully saturated rings. The fourth-order valence-corrected chi connectivity index (χ4v) is 2.26. The SMILES string of the molecule is CCn1ncc(CNC(=O)c2ccc(OC(F)F)c(OC)c2)c1C. The molecule has 24 heavy (non-hydrogen) atoms. The summed E-state index contributed by atoms with van der Waals surface area (Å²) in [4.78, 5) is 12.2. The van der Waals surface area contributed by atoms with Gasteiger partial charge in [0.1, 0.15) is 0 Å². The smallest absolute Gasteiger partial charge is 0.387 e. The van der Waals surface area contributed by atoms with E-state index >= 15 is 0 Å². The number of aryl methyl sites for hydroxylation is 1. The first-order chi connectivity index (χ1) is 11.5. The minimum absolute atomic E-state index is 0.0675. The van der Waals surface area contributed by atoms with E-state index in [0.29, 0.717) is 6.54 Å². The van der Waals surface area contributed by atoms with Gasteiger partial charge in [0, 0.05) is 29.9 Å². The van der Waals surface area contributed by atoms with Crippen LogP contribution in [0.25, 0.3) is 0 Å². The maximum absolute atomic E-state index is 12.3. The summed E-state index contributed by atoms with van der Waals surface area (Å²) in [6.45, 7) is 2.02. The molecule has 0 unspecified atom stereocenters. The van der Waals surface area contributed by atoms with Crippen LogP contribution in [0.3, 0.4) is 0 Å². The van der Waals surface area contributed by atoms with Crippen molar-refractivity contribution in [2.45, 2.75) is 33.5 Å². The van der Waals surface area contributed by atoms with Gasteiger partial charge in [-0.25, -0.2) is 0 Å². The van der Waals surface area contributed by atoms with Crippen LogP contribution in [0.2, 0.25) is 0 Å². The molecule has 6 nitrogen and oxygen atoms in total. The van der Waals surface area contributed by atoms with Gasteiger partial charge in [-0.1, -0.05) is 0 Å². The molecule has 0 aliphatic rings. The van der Waals surface area contributed by atoms with Gasteiger partial charge >= 0.3 is 6.61 Å². The fourth-order valence-electron chi connectivity index (χ4n) is 2.26. The van der Waals surface area contributed by atoms with Gasteiger partial charge in [-0.2, -0.15) is 13.9 Å². The monoisotopic (exact) mass is 339 g/mol. The number of nitrogens with one attached hydrogen (secondary N) is 1. The molecule has 0 atom stereocenters. The van der Waals surface area contributed by atoms with E-state index < -0.39 is 6.61 Å². The molecule has 0 aliphatic carbocycles. The molecule has 1 aromatic heterocycles. The van der Waals surface area contributed by atoms with Gasteiger partial charge in [-0.3, -0.25) is 9.48 Å². The second-order valence-corrected chi connectivity index (χ2v) is 5.00. The summed E-state index contributed by atoms with van der Waals surface area (Å²) in [7, 11) is 1.32. The van der Waals surface area contributed by atoms with Crippen molar-refractivity contribution in [3.63, 3.8) is 0 Å². The molecule has 1 heterocycles. The third-order valence-electron chi connectivity index (χ3n) is 3.59. The molecule has 130 valence electrons. The van der Waals surface area contributed by atoms with Crippen LogP contribution < -0.4 is 14.8 Å². The highest BCUT2D eigenvalue weighted by Gasteiger charge is 2.14. The standard InChI is InChI=1S/C16H19F2N3O3/c1-4-21-10(2)12(9-20-21)8-19-15(22)11-5-6-13(24-16(17)18)14(7-11)23-3/h5-7,9,16H,4,8H2,1-3H3,(H,19,22). The Balaban J connectivity index is 2.07. The number of amides is 1. The zero-order chi connectivity index (χ0) is 17.7. The predicted molar refractivity (Wildman–Crippen MR) is 83.4 cm³/mol. The van der Waals surface area contributed by atoms with Crippen molar-refractivity contribution in [2.75, 3.05) is 7.11 Å². The maximum atomic E-state index is 12.3. The number of hydrogen-bond donors (Lipinski definition) is 1. The summed E-state index contributed by atoms with van der Waals surface area (Å²) in [5.74, 6) is -0.400. The second kappa shape index (κ2) is 7.76. The summed E-state index contributed by atoms with van der Waals surface area (Å²) in [6.07, 6.45) is 1.71. The van der Waals surface area contributed by atoms with E-state index in [2.05, 4.69) is 15.2 Å². The van der Waals surface area contributed by atoms with Crippen LogP contribution in [-0.2, 0) is 13.1 Å². The Hall–Kier alpha value is -2.64. The lowest BCUT2D eigenvalue weighted by Crippen LogP contribution is -2.23. The summed E-state index contributed by atoms with van der Waals surface area (Å²) >= 11 is 0. The third kappa shape index (κ3) is 4.01. The molecular formula is C16H19F2N3O3. The molecule has 0 saturated carbocycles. The fraction of sp³-hybridized carbons (Fsp3) is 0.375. The molecule has 1 N–H and O–H groups in total. The number of methoxy groups -OCH3 is 1. The van der Waals surface area contributed by atoms with Crippen LogP contribution in [0.1, 0.15) is 28.5 Å². The van der Waals surface area contributed by atoms with Crippen molar-refractivity contribution >= 4 is 5.91 Å².